The van der Waals surface area contributed by atoms with Gasteiger partial charge in [-0.25, -0.2) is 0 Å². The van der Waals surface area contributed by atoms with Gasteiger partial charge in [0, 0.05) is 16.1 Å². The highest BCUT2D eigenvalue weighted by Gasteiger charge is 2.25. The van der Waals surface area contributed by atoms with Crippen LogP contribution in [0.2, 0.25) is 0 Å². The van der Waals surface area contributed by atoms with Gasteiger partial charge in [0.15, 0.2) is 6.61 Å². The Labute approximate surface area is 186 Å². The molecule has 0 radical (unpaired) electrons. The van der Waals surface area contributed by atoms with E-state index in [-0.39, 0.29) is 18.3 Å². The number of ether oxygens (including phenoxy) is 1. The summed E-state index contributed by atoms with van der Waals surface area (Å²) in [6.45, 7) is 4.11. The van der Waals surface area contributed by atoms with Crippen LogP contribution in [0.5, 0.6) is 5.75 Å². The van der Waals surface area contributed by atoms with Crippen LogP contribution < -0.4 is 10.1 Å². The zero-order chi connectivity index (χ0) is 21.8. The predicted octanol–water partition coefficient (Wildman–Crippen LogP) is 6.16. The van der Waals surface area contributed by atoms with Crippen molar-refractivity contribution in [3.8, 4) is 5.75 Å². The minimum Gasteiger partial charge on any atom is -0.484 e. The van der Waals surface area contributed by atoms with Gasteiger partial charge in [-0.15, -0.1) is 0 Å². The molecule has 1 aliphatic rings. The summed E-state index contributed by atoms with van der Waals surface area (Å²) in [4.78, 5) is 26.5. The normalized spacial score (nSPS) is 14.0. The summed E-state index contributed by atoms with van der Waals surface area (Å²) < 4.78 is 5.63. The van der Waals surface area contributed by atoms with Crippen molar-refractivity contribution >= 4 is 35.2 Å². The first-order chi connectivity index (χ1) is 15.0. The number of para-hydroxylation sites is 1. The number of hydrogen-bond donors (Lipinski definition) is 1. The van der Waals surface area contributed by atoms with Crippen LogP contribution >= 0.6 is 11.8 Å². The van der Waals surface area contributed by atoms with Crippen LogP contribution in [-0.2, 0) is 4.79 Å². The Kier molecular flexibility index (Phi) is 6.23. The minimum absolute atomic E-state index is 0.0549. The van der Waals surface area contributed by atoms with Gasteiger partial charge in [-0.05, 0) is 53.5 Å². The Morgan fingerprint density at radius 2 is 1.71 bits per heavy atom. The van der Waals surface area contributed by atoms with Gasteiger partial charge >= 0.3 is 0 Å². The van der Waals surface area contributed by atoms with Crippen molar-refractivity contribution in [2.75, 3.05) is 11.9 Å². The van der Waals surface area contributed by atoms with Crippen LogP contribution in [0.4, 0.5) is 5.69 Å². The quantitative estimate of drug-likeness (QED) is 0.477. The zero-order valence-corrected chi connectivity index (χ0v) is 18.2. The molecule has 31 heavy (non-hydrogen) atoms. The van der Waals surface area contributed by atoms with Crippen LogP contribution in [0.25, 0.3) is 6.08 Å². The summed E-state index contributed by atoms with van der Waals surface area (Å²) in [5, 5.41) is 2.92. The highest BCUT2D eigenvalue weighted by atomic mass is 32.2. The number of ketones is 1. The molecule has 0 aromatic heterocycles. The van der Waals surface area contributed by atoms with Crippen LogP contribution in [0.3, 0.4) is 0 Å². The number of fused-ring (bicyclic) bond motifs is 1. The number of benzene rings is 3. The van der Waals surface area contributed by atoms with Crippen LogP contribution in [0, 0.1) is 0 Å². The molecule has 0 atom stereocenters. The smallest absolute Gasteiger partial charge is 0.262 e. The number of anilines is 1. The molecule has 1 amide bonds. The fraction of sp³-hybridized carbons (Fsp3) is 0.154. The Balaban J connectivity index is 1.36. The summed E-state index contributed by atoms with van der Waals surface area (Å²) in [6.07, 6.45) is 1.88. The molecule has 3 aromatic carbocycles. The molecule has 4 rings (SSSR count). The van der Waals surface area contributed by atoms with E-state index in [2.05, 4.69) is 19.2 Å². The van der Waals surface area contributed by atoms with Gasteiger partial charge < -0.3 is 10.1 Å². The summed E-state index contributed by atoms with van der Waals surface area (Å²) >= 11 is 1.49. The summed E-state index contributed by atoms with van der Waals surface area (Å²) in [6, 6.07) is 22.8. The number of rotatable bonds is 6. The second-order valence-corrected chi connectivity index (χ2v) is 8.67. The van der Waals surface area contributed by atoms with E-state index in [9.17, 15) is 9.59 Å². The highest BCUT2D eigenvalue weighted by molar-refractivity contribution is 8.04. The lowest BCUT2D eigenvalue weighted by Gasteiger charge is -2.14. The molecule has 0 unspecified atom stereocenters. The second-order valence-electron chi connectivity index (χ2n) is 7.58. The van der Waals surface area contributed by atoms with Crippen molar-refractivity contribution in [1.29, 1.82) is 0 Å². The van der Waals surface area contributed by atoms with E-state index in [0.717, 1.165) is 27.3 Å². The molecule has 0 saturated heterocycles. The minimum atomic E-state index is -0.204. The molecular weight excluding hydrogens is 406 g/mol. The van der Waals surface area contributed by atoms with E-state index >= 15 is 0 Å². The molecule has 0 fully saturated rings. The number of Topliss-reactive ketones (excluding diaryl/α,β-unsaturated/α-hetero) is 1. The fourth-order valence-corrected chi connectivity index (χ4v) is 4.45. The third-order valence-electron chi connectivity index (χ3n) is 4.98. The number of nitrogens with one attached hydrogen (secondary N) is 1. The molecule has 0 saturated carbocycles. The summed E-state index contributed by atoms with van der Waals surface area (Å²) in [7, 11) is 0. The van der Waals surface area contributed by atoms with E-state index in [1.54, 1.807) is 12.1 Å². The Hall–Kier alpha value is -3.31. The number of carbonyl (C=O) groups excluding carboxylic acids is 2. The van der Waals surface area contributed by atoms with Crippen molar-refractivity contribution in [1.82, 2.24) is 0 Å². The molecule has 1 aliphatic heterocycles. The van der Waals surface area contributed by atoms with Crippen molar-refractivity contribution in [3.63, 3.8) is 0 Å². The van der Waals surface area contributed by atoms with Gasteiger partial charge in [0.25, 0.3) is 5.91 Å². The number of thioether (sulfide) groups is 1. The lowest BCUT2D eigenvalue weighted by atomic mass is 10.0. The standard InChI is InChI=1S/C26H23NO3S/c1-17(2)20-7-3-5-9-22(20)27-25(28)16-30-19-13-11-18(12-14-19)15-24-26(29)21-8-4-6-10-23(21)31-24/h3-15,17H,16H2,1-2H3,(H,27,28)/b24-15-. The van der Waals surface area contributed by atoms with E-state index in [1.807, 2.05) is 66.7 Å². The van der Waals surface area contributed by atoms with E-state index in [0.29, 0.717) is 16.6 Å². The van der Waals surface area contributed by atoms with Gasteiger partial charge in [-0.2, -0.15) is 0 Å². The first-order valence-electron chi connectivity index (χ1n) is 10.2. The highest BCUT2D eigenvalue weighted by Crippen LogP contribution is 2.40. The molecule has 3 aromatic rings. The molecular formula is C26H23NO3S. The maximum absolute atomic E-state index is 12.5. The maximum Gasteiger partial charge on any atom is 0.262 e. The number of allylic oxidation sites excluding steroid dienone is 1. The largest absolute Gasteiger partial charge is 0.484 e. The van der Waals surface area contributed by atoms with E-state index < -0.39 is 0 Å². The first-order valence-corrected chi connectivity index (χ1v) is 11.0. The predicted molar refractivity (Wildman–Crippen MR) is 126 cm³/mol. The van der Waals surface area contributed by atoms with Crippen LogP contribution in [-0.4, -0.2) is 18.3 Å². The average Bonchev–Trinajstić information content (AvgIpc) is 3.09. The third kappa shape index (κ3) is 4.89. The Morgan fingerprint density at radius 3 is 2.45 bits per heavy atom. The Bertz CT molecular complexity index is 1150. The summed E-state index contributed by atoms with van der Waals surface area (Å²) in [5.74, 6) is 0.768. The third-order valence-corrected chi connectivity index (χ3v) is 6.08. The average molecular weight is 430 g/mol. The molecule has 5 heteroatoms. The van der Waals surface area contributed by atoms with Crippen LogP contribution in [0.15, 0.2) is 82.6 Å². The van der Waals surface area contributed by atoms with E-state index in [4.69, 9.17) is 4.74 Å². The first kappa shape index (κ1) is 20.9. The van der Waals surface area contributed by atoms with E-state index in [1.165, 1.54) is 11.8 Å². The van der Waals surface area contributed by atoms with Crippen molar-refractivity contribution < 1.29 is 14.3 Å². The van der Waals surface area contributed by atoms with Crippen molar-refractivity contribution in [3.05, 3.63) is 94.4 Å². The van der Waals surface area contributed by atoms with Gasteiger partial charge in [0.2, 0.25) is 5.78 Å². The molecule has 0 spiro atoms. The monoisotopic (exact) mass is 429 g/mol. The topological polar surface area (TPSA) is 55.4 Å². The molecule has 4 nitrogen and oxygen atoms in total. The van der Waals surface area contributed by atoms with Gasteiger partial charge in [0.1, 0.15) is 5.75 Å². The molecule has 1 N–H and O–H groups in total. The SMILES string of the molecule is CC(C)c1ccccc1NC(=O)COc1ccc(/C=C2\Sc3ccccc3C2=O)cc1. The van der Waals surface area contributed by atoms with Gasteiger partial charge in [-0.1, -0.05) is 68.1 Å². The van der Waals surface area contributed by atoms with Crippen LogP contribution in [0.1, 0.15) is 41.3 Å². The number of carbonyl (C=O) groups is 2. The molecule has 1 heterocycles. The second kappa shape index (κ2) is 9.23. The number of hydrogen-bond acceptors (Lipinski definition) is 4. The lowest BCUT2D eigenvalue weighted by Crippen LogP contribution is -2.21. The number of amides is 1. The van der Waals surface area contributed by atoms with Crippen molar-refractivity contribution in [2.24, 2.45) is 0 Å². The summed E-state index contributed by atoms with van der Waals surface area (Å²) in [5.41, 5.74) is 3.57. The fourth-order valence-electron chi connectivity index (χ4n) is 3.40. The molecule has 156 valence electrons. The molecule has 0 bridgehead atoms. The van der Waals surface area contributed by atoms with Gasteiger partial charge in [-0.3, -0.25) is 9.59 Å². The lowest BCUT2D eigenvalue weighted by molar-refractivity contribution is -0.118. The van der Waals surface area contributed by atoms with Crippen molar-refractivity contribution in [2.45, 2.75) is 24.7 Å². The Morgan fingerprint density at radius 1 is 1.00 bits per heavy atom. The maximum atomic E-state index is 12.5. The molecule has 0 aliphatic carbocycles. The van der Waals surface area contributed by atoms with Gasteiger partial charge in [0.05, 0.1) is 4.91 Å². The zero-order valence-electron chi connectivity index (χ0n) is 17.4.